The molecule has 13 nitrogen and oxygen atoms in total. The Morgan fingerprint density at radius 1 is 0.655 bits per heavy atom. The van der Waals surface area contributed by atoms with Gasteiger partial charge in [-0.3, -0.25) is 9.59 Å². The van der Waals surface area contributed by atoms with Crippen molar-refractivity contribution in [1.29, 1.82) is 0 Å². The highest BCUT2D eigenvalue weighted by Crippen LogP contribution is 2.39. The lowest BCUT2D eigenvalue weighted by molar-refractivity contribution is -0.386. The molecule has 0 aliphatic carbocycles. The van der Waals surface area contributed by atoms with Gasteiger partial charge in [0, 0.05) is 26.5 Å². The first kappa shape index (κ1) is 41.6. The van der Waals surface area contributed by atoms with Crippen molar-refractivity contribution in [1.82, 2.24) is 5.32 Å². The molecule has 1 amide bonds. The van der Waals surface area contributed by atoms with E-state index in [0.717, 1.165) is 22.3 Å². The first-order chi connectivity index (χ1) is 28.4. The molecule has 0 radical (unpaired) electrons. The monoisotopic (exact) mass is 797 g/mol. The van der Waals surface area contributed by atoms with Crippen LogP contribution in [0.4, 0.5) is 0 Å². The Balaban J connectivity index is 1.23. The van der Waals surface area contributed by atoms with E-state index in [4.69, 9.17) is 47.4 Å². The van der Waals surface area contributed by atoms with Gasteiger partial charge in [-0.1, -0.05) is 121 Å². The number of fused-ring (bicyclic) bond motifs is 1. The maximum Gasteiger partial charge on any atom is 0.303 e. The number of rotatable bonds is 16. The van der Waals surface area contributed by atoms with E-state index in [1.807, 2.05) is 121 Å². The molecule has 308 valence electrons. The van der Waals surface area contributed by atoms with Crippen LogP contribution in [0.3, 0.4) is 0 Å². The van der Waals surface area contributed by atoms with Gasteiger partial charge in [-0.2, -0.15) is 0 Å². The zero-order chi connectivity index (χ0) is 40.3. The highest BCUT2D eigenvalue weighted by atomic mass is 16.8. The Kier molecular flexibility index (Phi) is 14.7. The number of methoxy groups -OCH3 is 1. The lowest BCUT2D eigenvalue weighted by Crippen LogP contribution is -2.69. The van der Waals surface area contributed by atoms with Crippen molar-refractivity contribution in [2.24, 2.45) is 0 Å². The van der Waals surface area contributed by atoms with Crippen LogP contribution < -0.4 is 5.32 Å². The summed E-state index contributed by atoms with van der Waals surface area (Å²) in [6.45, 7) is 3.56. The number of hydrogen-bond donors (Lipinski definition) is 1. The van der Waals surface area contributed by atoms with Crippen LogP contribution >= 0.6 is 0 Å². The van der Waals surface area contributed by atoms with Crippen molar-refractivity contribution >= 4 is 11.9 Å². The molecule has 58 heavy (non-hydrogen) atoms. The van der Waals surface area contributed by atoms with Crippen LogP contribution in [0.15, 0.2) is 121 Å². The Labute approximate surface area is 338 Å². The second kappa shape index (κ2) is 20.4. The van der Waals surface area contributed by atoms with Crippen molar-refractivity contribution in [3.05, 3.63) is 144 Å². The van der Waals surface area contributed by atoms with Gasteiger partial charge in [-0.15, -0.1) is 0 Å². The van der Waals surface area contributed by atoms with Crippen LogP contribution in [0.1, 0.15) is 42.4 Å². The number of esters is 1. The number of hydrogen-bond acceptors (Lipinski definition) is 12. The SMILES string of the molecule is CO[C@H]1O[C@H](COCc2ccccc2)[C@@H](O[C@@H]2O[C@@H]3COC(c4ccccc4)O[C@H]3[C@H](OCc3ccccc3)[C@@H]2OC(C)=O)[C@H](OCc2ccccc2)[C@H]1NC(C)=O. The van der Waals surface area contributed by atoms with E-state index in [1.54, 1.807) is 0 Å². The molecule has 1 unspecified atom stereocenters. The van der Waals surface area contributed by atoms with E-state index >= 15 is 0 Å². The van der Waals surface area contributed by atoms with Crippen molar-refractivity contribution in [2.75, 3.05) is 20.3 Å². The van der Waals surface area contributed by atoms with Gasteiger partial charge >= 0.3 is 5.97 Å². The topological polar surface area (TPSA) is 138 Å². The summed E-state index contributed by atoms with van der Waals surface area (Å²) in [6, 6.07) is 37.8. The molecular weight excluding hydrogens is 746 g/mol. The summed E-state index contributed by atoms with van der Waals surface area (Å²) in [5.41, 5.74) is 3.59. The van der Waals surface area contributed by atoms with Crippen LogP contribution in [-0.4, -0.2) is 93.5 Å². The maximum absolute atomic E-state index is 12.9. The zero-order valence-corrected chi connectivity index (χ0v) is 32.8. The number of nitrogens with one attached hydrogen (secondary N) is 1. The summed E-state index contributed by atoms with van der Waals surface area (Å²) in [6.07, 6.45) is -8.99. The van der Waals surface area contributed by atoms with Crippen molar-refractivity contribution < 1.29 is 57.0 Å². The fourth-order valence-electron chi connectivity index (χ4n) is 7.49. The van der Waals surface area contributed by atoms with Gasteiger partial charge in [0.05, 0.1) is 33.0 Å². The first-order valence-electron chi connectivity index (χ1n) is 19.5. The lowest BCUT2D eigenvalue weighted by Gasteiger charge is -2.51. The second-order valence-corrected chi connectivity index (χ2v) is 14.4. The standard InChI is InChI=1S/C45H51NO12/c1-29(47)46-37-40(51-25-32-18-10-5-11-19-32)38(35(55-44(37)49-3)27-50-24-31-16-8-4-9-17-31)58-45-42(54-30(2)48)41(52-26-33-20-12-6-13-21-33)39-36(56-45)28-53-43(57-39)34-22-14-7-15-23-34/h4-23,35-45H,24-28H2,1-3H3,(H,46,47)/t35-,36-,37-,38-,39-,40-,41+,42+,43?,44+,45+/m1/s1. The van der Waals surface area contributed by atoms with Crippen molar-refractivity contribution in [2.45, 2.75) is 101 Å². The smallest absolute Gasteiger partial charge is 0.303 e. The first-order valence-corrected chi connectivity index (χ1v) is 19.5. The highest BCUT2D eigenvalue weighted by Gasteiger charge is 2.56. The van der Waals surface area contributed by atoms with Gasteiger partial charge in [0.25, 0.3) is 0 Å². The fourth-order valence-corrected chi connectivity index (χ4v) is 7.49. The Bertz CT molecular complexity index is 1850. The fraction of sp³-hybridized carbons (Fsp3) is 0.422. The average molecular weight is 798 g/mol. The van der Waals surface area contributed by atoms with Crippen molar-refractivity contribution in [3.63, 3.8) is 0 Å². The molecule has 0 aromatic heterocycles. The van der Waals surface area contributed by atoms with Crippen LogP contribution in [0.25, 0.3) is 0 Å². The number of benzene rings is 4. The molecule has 7 rings (SSSR count). The minimum absolute atomic E-state index is 0.0489. The molecular formula is C45H51NO12. The molecule has 3 heterocycles. The van der Waals surface area contributed by atoms with Crippen LogP contribution in [0.5, 0.6) is 0 Å². The van der Waals surface area contributed by atoms with Crippen LogP contribution in [0.2, 0.25) is 0 Å². The average Bonchev–Trinajstić information content (AvgIpc) is 3.24. The summed E-state index contributed by atoms with van der Waals surface area (Å²) >= 11 is 0. The quantitative estimate of drug-likeness (QED) is 0.145. The molecule has 0 bridgehead atoms. The number of carbonyl (C=O) groups is 2. The van der Waals surface area contributed by atoms with E-state index in [-0.39, 0.29) is 32.3 Å². The van der Waals surface area contributed by atoms with Gasteiger partial charge in [0.2, 0.25) is 5.91 Å². The number of ether oxygens (including phenoxy) is 10. The molecule has 1 N–H and O–H groups in total. The number of amides is 1. The van der Waals surface area contributed by atoms with Crippen molar-refractivity contribution in [3.8, 4) is 0 Å². The lowest BCUT2D eigenvalue weighted by atomic mass is 9.94. The number of carbonyl (C=O) groups excluding carboxylic acids is 2. The zero-order valence-electron chi connectivity index (χ0n) is 32.8. The van der Waals surface area contributed by atoms with Gasteiger partial charge < -0.3 is 52.7 Å². The van der Waals surface area contributed by atoms with E-state index in [0.29, 0.717) is 6.61 Å². The summed E-state index contributed by atoms with van der Waals surface area (Å²) in [5.74, 6) is -0.898. The van der Waals surface area contributed by atoms with E-state index < -0.39 is 73.6 Å². The van der Waals surface area contributed by atoms with E-state index in [9.17, 15) is 9.59 Å². The van der Waals surface area contributed by atoms with Crippen LogP contribution in [-0.2, 0) is 76.8 Å². The molecule has 3 aliphatic heterocycles. The molecule has 3 fully saturated rings. The normalized spacial score (nSPS) is 29.5. The minimum Gasteiger partial charge on any atom is -0.454 e. The summed E-state index contributed by atoms with van der Waals surface area (Å²) < 4.78 is 64.5. The molecule has 0 spiro atoms. The van der Waals surface area contributed by atoms with Gasteiger partial charge in [0.1, 0.15) is 42.7 Å². The summed E-state index contributed by atoms with van der Waals surface area (Å²) in [5, 5.41) is 2.97. The molecule has 11 atom stereocenters. The Morgan fingerprint density at radius 3 is 1.79 bits per heavy atom. The molecule has 4 aromatic carbocycles. The third-order valence-electron chi connectivity index (χ3n) is 10.2. The largest absolute Gasteiger partial charge is 0.454 e. The van der Waals surface area contributed by atoms with Gasteiger partial charge in [-0.25, -0.2) is 0 Å². The van der Waals surface area contributed by atoms with E-state index in [2.05, 4.69) is 5.32 Å². The molecule has 3 saturated heterocycles. The third kappa shape index (κ3) is 10.7. The van der Waals surface area contributed by atoms with Crippen LogP contribution in [0, 0.1) is 0 Å². The van der Waals surface area contributed by atoms with Gasteiger partial charge in [-0.05, 0) is 16.7 Å². The molecule has 3 aliphatic rings. The minimum atomic E-state index is -1.24. The highest BCUT2D eigenvalue weighted by molar-refractivity contribution is 5.73. The Hall–Kier alpha value is -4.54. The Morgan fingerprint density at radius 2 is 1.22 bits per heavy atom. The van der Waals surface area contributed by atoms with Gasteiger partial charge in [0.15, 0.2) is 25.0 Å². The molecule has 0 saturated carbocycles. The second-order valence-electron chi connectivity index (χ2n) is 14.4. The molecule has 4 aromatic rings. The molecule has 13 heteroatoms. The predicted octanol–water partition coefficient (Wildman–Crippen LogP) is 5.41. The maximum atomic E-state index is 12.9. The third-order valence-corrected chi connectivity index (χ3v) is 10.2. The summed E-state index contributed by atoms with van der Waals surface area (Å²) in [4.78, 5) is 25.7. The van der Waals surface area contributed by atoms with E-state index in [1.165, 1.54) is 21.0 Å². The predicted molar refractivity (Wildman–Crippen MR) is 209 cm³/mol. The summed E-state index contributed by atoms with van der Waals surface area (Å²) in [7, 11) is 1.50.